The van der Waals surface area contributed by atoms with Crippen LogP contribution in [0, 0.1) is 0 Å². The SMILES string of the molecule is COCCNC(=O)Cn1nc2c(c1NC(=O)/C=C\c1ccc3c(c1)OCO3)CSC2. The summed E-state index contributed by atoms with van der Waals surface area (Å²) in [4.78, 5) is 24.7. The van der Waals surface area contributed by atoms with Gasteiger partial charge in [0.25, 0.3) is 0 Å². The van der Waals surface area contributed by atoms with Crippen molar-refractivity contribution in [2.45, 2.75) is 18.1 Å². The van der Waals surface area contributed by atoms with Crippen LogP contribution in [0.5, 0.6) is 11.5 Å². The molecule has 30 heavy (non-hydrogen) atoms. The van der Waals surface area contributed by atoms with Gasteiger partial charge in [0.2, 0.25) is 18.6 Å². The first-order chi connectivity index (χ1) is 14.6. The number of ether oxygens (including phenoxy) is 3. The van der Waals surface area contributed by atoms with Crippen molar-refractivity contribution < 1.29 is 23.8 Å². The number of thioether (sulfide) groups is 1. The van der Waals surface area contributed by atoms with E-state index in [1.807, 2.05) is 12.1 Å². The molecule has 2 N–H and O–H groups in total. The fraction of sp³-hybridized carbons (Fsp3) is 0.350. The number of benzene rings is 1. The second-order valence-corrected chi connectivity index (χ2v) is 7.69. The van der Waals surface area contributed by atoms with Crippen LogP contribution in [0.2, 0.25) is 0 Å². The average Bonchev–Trinajstić information content (AvgIpc) is 3.44. The molecule has 0 spiro atoms. The van der Waals surface area contributed by atoms with Gasteiger partial charge < -0.3 is 24.8 Å². The summed E-state index contributed by atoms with van der Waals surface area (Å²) in [5.74, 6) is 2.95. The van der Waals surface area contributed by atoms with Gasteiger partial charge in [0.15, 0.2) is 11.5 Å². The van der Waals surface area contributed by atoms with Crippen molar-refractivity contribution in [1.29, 1.82) is 0 Å². The number of methoxy groups -OCH3 is 1. The van der Waals surface area contributed by atoms with Gasteiger partial charge in [0, 0.05) is 36.8 Å². The van der Waals surface area contributed by atoms with Gasteiger partial charge in [0.05, 0.1) is 12.3 Å². The second-order valence-electron chi connectivity index (χ2n) is 6.70. The molecule has 0 saturated heterocycles. The number of nitrogens with one attached hydrogen (secondary N) is 2. The summed E-state index contributed by atoms with van der Waals surface area (Å²) < 4.78 is 17.1. The quantitative estimate of drug-likeness (QED) is 0.486. The Morgan fingerprint density at radius 2 is 2.17 bits per heavy atom. The van der Waals surface area contributed by atoms with Crippen molar-refractivity contribution in [3.05, 3.63) is 41.1 Å². The van der Waals surface area contributed by atoms with Crippen LogP contribution in [0.3, 0.4) is 0 Å². The zero-order valence-corrected chi connectivity index (χ0v) is 17.3. The molecule has 2 aliphatic heterocycles. The molecule has 1 aromatic heterocycles. The topological polar surface area (TPSA) is 104 Å². The Kier molecular flexibility index (Phi) is 6.24. The van der Waals surface area contributed by atoms with Gasteiger partial charge >= 0.3 is 0 Å². The lowest BCUT2D eigenvalue weighted by Gasteiger charge is -2.10. The summed E-state index contributed by atoms with van der Waals surface area (Å²) >= 11 is 1.73. The molecule has 158 valence electrons. The Labute approximate surface area is 177 Å². The minimum atomic E-state index is -0.298. The first-order valence-electron chi connectivity index (χ1n) is 9.44. The van der Waals surface area contributed by atoms with E-state index in [9.17, 15) is 9.59 Å². The summed E-state index contributed by atoms with van der Waals surface area (Å²) in [7, 11) is 1.58. The highest BCUT2D eigenvalue weighted by atomic mass is 32.2. The van der Waals surface area contributed by atoms with E-state index in [2.05, 4.69) is 15.7 Å². The lowest BCUT2D eigenvalue weighted by molar-refractivity contribution is -0.122. The number of fused-ring (bicyclic) bond motifs is 2. The lowest BCUT2D eigenvalue weighted by Crippen LogP contribution is -2.31. The summed E-state index contributed by atoms with van der Waals surface area (Å²) in [5, 5.41) is 10.2. The van der Waals surface area contributed by atoms with Crippen LogP contribution in [0.15, 0.2) is 24.3 Å². The Morgan fingerprint density at radius 1 is 1.30 bits per heavy atom. The maximum atomic E-state index is 12.5. The number of hydrogen-bond acceptors (Lipinski definition) is 7. The third kappa shape index (κ3) is 4.60. The molecular formula is C20H22N4O5S. The monoisotopic (exact) mass is 430 g/mol. The Morgan fingerprint density at radius 3 is 3.03 bits per heavy atom. The fourth-order valence-corrected chi connectivity index (χ4v) is 4.19. The minimum absolute atomic E-state index is 0.0306. The van der Waals surface area contributed by atoms with E-state index in [1.54, 1.807) is 35.7 Å². The zero-order chi connectivity index (χ0) is 20.9. The van der Waals surface area contributed by atoms with E-state index < -0.39 is 0 Å². The van der Waals surface area contributed by atoms with Crippen LogP contribution >= 0.6 is 11.8 Å². The number of hydrogen-bond donors (Lipinski definition) is 2. The summed E-state index contributed by atoms with van der Waals surface area (Å²) in [5.41, 5.74) is 2.69. The molecule has 0 bridgehead atoms. The molecule has 9 nitrogen and oxygen atoms in total. The maximum absolute atomic E-state index is 12.5. The van der Waals surface area contributed by atoms with Crippen LogP contribution < -0.4 is 20.1 Å². The Hall–Kier alpha value is -2.98. The minimum Gasteiger partial charge on any atom is -0.454 e. The first-order valence-corrected chi connectivity index (χ1v) is 10.6. The third-order valence-corrected chi connectivity index (χ3v) is 5.58. The zero-order valence-electron chi connectivity index (χ0n) is 16.5. The molecule has 0 saturated carbocycles. The van der Waals surface area contributed by atoms with Crippen LogP contribution in [-0.2, 0) is 32.4 Å². The number of rotatable bonds is 8. The predicted octanol–water partition coefficient (Wildman–Crippen LogP) is 1.77. The molecular weight excluding hydrogens is 408 g/mol. The molecule has 1 aromatic carbocycles. The molecule has 0 aliphatic carbocycles. The molecule has 2 aromatic rings. The van der Waals surface area contributed by atoms with Gasteiger partial charge in [-0.2, -0.15) is 16.9 Å². The molecule has 2 aliphatic rings. The van der Waals surface area contributed by atoms with Gasteiger partial charge in [-0.05, 0) is 23.8 Å². The van der Waals surface area contributed by atoms with E-state index in [-0.39, 0.29) is 25.2 Å². The van der Waals surface area contributed by atoms with E-state index >= 15 is 0 Å². The molecule has 3 heterocycles. The van der Waals surface area contributed by atoms with Crippen LogP contribution in [0.4, 0.5) is 5.82 Å². The van der Waals surface area contributed by atoms with Crippen molar-refractivity contribution in [1.82, 2.24) is 15.1 Å². The van der Waals surface area contributed by atoms with E-state index in [1.165, 1.54) is 6.08 Å². The van der Waals surface area contributed by atoms with E-state index in [0.29, 0.717) is 30.5 Å². The van der Waals surface area contributed by atoms with Crippen molar-refractivity contribution >= 4 is 35.5 Å². The maximum Gasteiger partial charge on any atom is 0.249 e. The molecule has 2 amide bonds. The largest absolute Gasteiger partial charge is 0.454 e. The number of nitrogens with zero attached hydrogens (tertiary/aromatic N) is 2. The highest BCUT2D eigenvalue weighted by molar-refractivity contribution is 7.98. The molecule has 4 rings (SSSR count). The van der Waals surface area contributed by atoms with E-state index in [0.717, 1.165) is 28.3 Å². The van der Waals surface area contributed by atoms with Crippen LogP contribution in [-0.4, -0.2) is 48.6 Å². The van der Waals surface area contributed by atoms with Crippen molar-refractivity contribution in [2.75, 3.05) is 32.4 Å². The van der Waals surface area contributed by atoms with Gasteiger partial charge in [-0.25, -0.2) is 4.68 Å². The fourth-order valence-electron chi connectivity index (χ4n) is 3.15. The standard InChI is InChI=1S/C20H22N4O5S/c1-27-7-6-21-19(26)9-24-20(14-10-30-11-15(14)23-24)22-18(25)5-3-13-2-4-16-17(8-13)29-12-28-16/h2-5,8H,6-7,9-12H2,1H3,(H,21,26)(H,22,25)/b5-3-. The van der Waals surface area contributed by atoms with Crippen molar-refractivity contribution in [3.8, 4) is 11.5 Å². The number of carbonyl (C=O) groups is 2. The number of amides is 2. The Balaban J connectivity index is 1.44. The third-order valence-electron chi connectivity index (χ3n) is 4.61. The van der Waals surface area contributed by atoms with Gasteiger partial charge in [-0.15, -0.1) is 0 Å². The van der Waals surface area contributed by atoms with E-state index in [4.69, 9.17) is 14.2 Å². The van der Waals surface area contributed by atoms with Gasteiger partial charge in [0.1, 0.15) is 12.4 Å². The highest BCUT2D eigenvalue weighted by Crippen LogP contribution is 2.35. The molecule has 0 atom stereocenters. The first kappa shape index (κ1) is 20.3. The van der Waals surface area contributed by atoms with Crippen molar-refractivity contribution in [2.24, 2.45) is 0 Å². The van der Waals surface area contributed by atoms with Crippen LogP contribution in [0.1, 0.15) is 16.8 Å². The molecule has 0 unspecified atom stereocenters. The Bertz CT molecular complexity index is 988. The average molecular weight is 430 g/mol. The number of anilines is 1. The summed E-state index contributed by atoms with van der Waals surface area (Å²) in [6.45, 7) is 1.09. The lowest BCUT2D eigenvalue weighted by atomic mass is 10.2. The highest BCUT2D eigenvalue weighted by Gasteiger charge is 2.24. The van der Waals surface area contributed by atoms with Crippen molar-refractivity contribution in [3.63, 3.8) is 0 Å². The van der Waals surface area contributed by atoms with Gasteiger partial charge in [-0.3, -0.25) is 9.59 Å². The van der Waals surface area contributed by atoms with Gasteiger partial charge in [-0.1, -0.05) is 6.07 Å². The number of aromatic nitrogens is 2. The normalized spacial score (nSPS) is 14.2. The summed E-state index contributed by atoms with van der Waals surface area (Å²) in [6, 6.07) is 5.47. The summed E-state index contributed by atoms with van der Waals surface area (Å²) in [6.07, 6.45) is 3.15. The smallest absolute Gasteiger partial charge is 0.249 e. The predicted molar refractivity (Wildman–Crippen MR) is 112 cm³/mol. The molecule has 10 heteroatoms. The van der Waals surface area contributed by atoms with Crippen LogP contribution in [0.25, 0.3) is 6.08 Å². The molecule has 0 radical (unpaired) electrons. The second kappa shape index (κ2) is 9.23. The number of carbonyl (C=O) groups excluding carboxylic acids is 2. The molecule has 0 fully saturated rings.